The first-order valence-corrected chi connectivity index (χ1v) is 2.80. The third-order valence-corrected chi connectivity index (χ3v) is 1.38. The Labute approximate surface area is 44.2 Å². The Bertz CT molecular complexity index is 76.2. The van der Waals surface area contributed by atoms with E-state index in [1.165, 1.54) is 12.8 Å². The normalized spacial score (nSPS) is 27.3. The fourth-order valence-electron chi connectivity index (χ4n) is 0.757. The molecule has 0 saturated heterocycles. The molecule has 1 rings (SSSR count). The molecule has 1 nitrogen and oxygen atoms in total. The van der Waals surface area contributed by atoms with Crippen molar-refractivity contribution < 1.29 is 0 Å². The number of allylic oxidation sites excluding steroid dienone is 2. The smallest absolute Gasteiger partial charge is 0.00716 e. The van der Waals surface area contributed by atoms with Gasteiger partial charge in [-0.15, -0.1) is 0 Å². The second-order valence-electron chi connectivity index (χ2n) is 2.00. The van der Waals surface area contributed by atoms with Gasteiger partial charge in [0.2, 0.25) is 0 Å². The Balaban J connectivity index is 2.06. The van der Waals surface area contributed by atoms with E-state index in [1.54, 1.807) is 0 Å². The van der Waals surface area contributed by atoms with Crippen LogP contribution >= 0.6 is 0 Å². The molecule has 0 radical (unpaired) electrons. The highest BCUT2D eigenvalue weighted by Crippen LogP contribution is 2.18. The molecule has 1 aliphatic rings. The molecule has 0 bridgehead atoms. The van der Waals surface area contributed by atoms with E-state index < -0.39 is 0 Å². The minimum absolute atomic E-state index is 0.824. The number of hydrogen-bond acceptors (Lipinski definition) is 1. The summed E-state index contributed by atoms with van der Waals surface area (Å²) in [6, 6.07) is 0. The van der Waals surface area contributed by atoms with E-state index in [1.807, 2.05) is 0 Å². The molecule has 0 saturated carbocycles. The summed E-state index contributed by atoms with van der Waals surface area (Å²) in [6.07, 6.45) is 6.86. The van der Waals surface area contributed by atoms with Crippen LogP contribution in [-0.2, 0) is 0 Å². The maximum absolute atomic E-state index is 5.30. The molecule has 0 aromatic rings. The van der Waals surface area contributed by atoms with Crippen molar-refractivity contribution in [2.45, 2.75) is 12.8 Å². The lowest BCUT2D eigenvalue weighted by Gasteiger charge is -2.14. The first kappa shape index (κ1) is 4.85. The lowest BCUT2D eigenvalue weighted by Crippen LogP contribution is -2.09. The maximum atomic E-state index is 5.30. The second kappa shape index (κ2) is 2.12. The molecule has 2 N–H and O–H groups in total. The first-order valence-electron chi connectivity index (χ1n) is 2.80. The van der Waals surface area contributed by atoms with Crippen LogP contribution in [0.5, 0.6) is 0 Å². The summed E-state index contributed by atoms with van der Waals surface area (Å²) in [5, 5.41) is 0. The summed E-state index contributed by atoms with van der Waals surface area (Å²) < 4.78 is 0. The third-order valence-electron chi connectivity index (χ3n) is 1.38. The summed E-state index contributed by atoms with van der Waals surface area (Å²) in [7, 11) is 0. The Hall–Kier alpha value is -0.300. The lowest BCUT2D eigenvalue weighted by atomic mass is 9.92. The van der Waals surface area contributed by atoms with Crippen molar-refractivity contribution in [2.75, 3.05) is 6.54 Å². The molecule has 1 aliphatic carbocycles. The zero-order valence-corrected chi connectivity index (χ0v) is 4.43. The molecule has 0 spiro atoms. The minimum atomic E-state index is 0.824. The molecule has 1 atom stereocenters. The molecule has 0 aromatic carbocycles. The van der Waals surface area contributed by atoms with Gasteiger partial charge >= 0.3 is 0 Å². The van der Waals surface area contributed by atoms with Crippen LogP contribution in [0, 0.1) is 5.92 Å². The summed E-state index contributed by atoms with van der Waals surface area (Å²) in [4.78, 5) is 0. The molecule has 1 heteroatoms. The van der Waals surface area contributed by atoms with Gasteiger partial charge in [0.15, 0.2) is 0 Å². The summed E-state index contributed by atoms with van der Waals surface area (Å²) in [5.41, 5.74) is 5.30. The first-order chi connectivity index (χ1) is 3.43. The highest BCUT2D eigenvalue weighted by atomic mass is 14.5. The van der Waals surface area contributed by atoms with Gasteiger partial charge in [-0.25, -0.2) is 0 Å². The largest absolute Gasteiger partial charge is 0.330 e. The van der Waals surface area contributed by atoms with Crippen molar-refractivity contribution in [3.05, 3.63) is 12.2 Å². The topological polar surface area (TPSA) is 26.0 Å². The standard InChI is InChI=1S/C6H11N/c7-5-4-6-2-1-3-6/h1-2,6H,3-5,7H2. The van der Waals surface area contributed by atoms with Crippen molar-refractivity contribution in [2.24, 2.45) is 11.7 Å². The Morgan fingerprint density at radius 2 is 2.43 bits per heavy atom. The van der Waals surface area contributed by atoms with Crippen molar-refractivity contribution in [1.82, 2.24) is 0 Å². The zero-order valence-electron chi connectivity index (χ0n) is 4.43. The van der Waals surface area contributed by atoms with Gasteiger partial charge < -0.3 is 5.73 Å². The van der Waals surface area contributed by atoms with E-state index in [9.17, 15) is 0 Å². The van der Waals surface area contributed by atoms with Gasteiger partial charge in [-0.3, -0.25) is 0 Å². The van der Waals surface area contributed by atoms with E-state index in [-0.39, 0.29) is 0 Å². The van der Waals surface area contributed by atoms with Crippen molar-refractivity contribution >= 4 is 0 Å². The molecular weight excluding hydrogens is 86.1 g/mol. The summed E-state index contributed by atoms with van der Waals surface area (Å²) in [6.45, 7) is 0.842. The van der Waals surface area contributed by atoms with Crippen molar-refractivity contribution in [3.8, 4) is 0 Å². The van der Waals surface area contributed by atoms with Crippen LogP contribution in [0.4, 0.5) is 0 Å². The molecule has 0 aromatic heterocycles. The quantitative estimate of drug-likeness (QED) is 0.509. The van der Waals surface area contributed by atoms with Gasteiger partial charge in [0, 0.05) is 0 Å². The minimum Gasteiger partial charge on any atom is -0.330 e. The molecular formula is C6H11N. The van der Waals surface area contributed by atoms with Crippen LogP contribution in [0.15, 0.2) is 12.2 Å². The predicted octanol–water partition coefficient (Wildman–Crippen LogP) is 0.911. The molecule has 40 valence electrons. The van der Waals surface area contributed by atoms with E-state index >= 15 is 0 Å². The third kappa shape index (κ3) is 1.03. The van der Waals surface area contributed by atoms with E-state index in [0.717, 1.165) is 12.5 Å². The Kier molecular flexibility index (Phi) is 1.47. The predicted molar refractivity (Wildman–Crippen MR) is 30.9 cm³/mol. The number of nitrogens with two attached hydrogens (primary N) is 1. The average molecular weight is 97.2 g/mol. The second-order valence-corrected chi connectivity index (χ2v) is 2.00. The van der Waals surface area contributed by atoms with Gasteiger partial charge in [-0.1, -0.05) is 12.2 Å². The van der Waals surface area contributed by atoms with Gasteiger partial charge in [0.1, 0.15) is 0 Å². The highest BCUT2D eigenvalue weighted by molar-refractivity contribution is 5.01. The summed E-state index contributed by atoms with van der Waals surface area (Å²) in [5.74, 6) is 0.824. The Morgan fingerprint density at radius 1 is 1.71 bits per heavy atom. The van der Waals surface area contributed by atoms with Gasteiger partial charge in [0.05, 0.1) is 0 Å². The van der Waals surface area contributed by atoms with E-state index in [0.29, 0.717) is 0 Å². The monoisotopic (exact) mass is 97.1 g/mol. The molecule has 0 aliphatic heterocycles. The van der Waals surface area contributed by atoms with Gasteiger partial charge in [0.25, 0.3) is 0 Å². The molecule has 1 unspecified atom stereocenters. The highest BCUT2D eigenvalue weighted by Gasteiger charge is 2.06. The van der Waals surface area contributed by atoms with Crippen LogP contribution in [0.2, 0.25) is 0 Å². The lowest BCUT2D eigenvalue weighted by molar-refractivity contribution is 0.565. The Morgan fingerprint density at radius 3 is 2.57 bits per heavy atom. The maximum Gasteiger partial charge on any atom is -0.00716 e. The molecule has 7 heavy (non-hydrogen) atoms. The van der Waals surface area contributed by atoms with Gasteiger partial charge in [-0.2, -0.15) is 0 Å². The van der Waals surface area contributed by atoms with Crippen LogP contribution in [0.25, 0.3) is 0 Å². The average Bonchev–Trinajstić information content (AvgIpc) is 1.55. The van der Waals surface area contributed by atoms with Crippen molar-refractivity contribution in [3.63, 3.8) is 0 Å². The van der Waals surface area contributed by atoms with Crippen LogP contribution in [-0.4, -0.2) is 6.54 Å². The zero-order chi connectivity index (χ0) is 5.11. The summed E-state index contributed by atoms with van der Waals surface area (Å²) >= 11 is 0. The van der Waals surface area contributed by atoms with Crippen LogP contribution < -0.4 is 5.73 Å². The van der Waals surface area contributed by atoms with E-state index in [2.05, 4.69) is 12.2 Å². The van der Waals surface area contributed by atoms with Crippen LogP contribution in [0.1, 0.15) is 12.8 Å². The SMILES string of the molecule is NCCC1C=CC1. The van der Waals surface area contributed by atoms with Crippen LogP contribution in [0.3, 0.4) is 0 Å². The fraction of sp³-hybridized carbons (Fsp3) is 0.667. The van der Waals surface area contributed by atoms with Crippen molar-refractivity contribution in [1.29, 1.82) is 0 Å². The fourth-order valence-corrected chi connectivity index (χ4v) is 0.757. The number of hydrogen-bond donors (Lipinski definition) is 1. The molecule has 0 heterocycles. The molecule has 0 fully saturated rings. The molecule has 0 amide bonds. The van der Waals surface area contributed by atoms with E-state index in [4.69, 9.17) is 5.73 Å². The van der Waals surface area contributed by atoms with Gasteiger partial charge in [-0.05, 0) is 25.3 Å². The number of rotatable bonds is 2.